The molecule has 0 unspecified atom stereocenters. The number of anilines is 1. The van der Waals surface area contributed by atoms with Crippen LogP contribution in [0, 0.1) is 0 Å². The monoisotopic (exact) mass is 233 g/mol. The third-order valence-corrected chi connectivity index (χ3v) is 3.42. The average molecular weight is 233 g/mol. The van der Waals surface area contributed by atoms with Crippen LogP contribution in [-0.2, 0) is 0 Å². The van der Waals surface area contributed by atoms with E-state index < -0.39 is 0 Å². The summed E-state index contributed by atoms with van der Waals surface area (Å²) in [4.78, 5) is 18.6. The molecule has 4 nitrogen and oxygen atoms in total. The van der Waals surface area contributed by atoms with Gasteiger partial charge in [0.2, 0.25) is 0 Å². The van der Waals surface area contributed by atoms with Crippen LogP contribution in [0.3, 0.4) is 0 Å². The van der Waals surface area contributed by atoms with Gasteiger partial charge in [-0.3, -0.25) is 4.79 Å². The van der Waals surface area contributed by atoms with Crippen molar-refractivity contribution < 1.29 is 4.79 Å². The fraction of sp³-hybridized carbons (Fsp3) is 0.538. The van der Waals surface area contributed by atoms with Crippen LogP contribution < -0.4 is 5.32 Å². The van der Waals surface area contributed by atoms with Crippen LogP contribution in [0.4, 0.5) is 5.82 Å². The molecule has 0 spiro atoms. The second-order valence-corrected chi connectivity index (χ2v) is 5.02. The summed E-state index contributed by atoms with van der Waals surface area (Å²) < 4.78 is 0. The normalized spacial score (nSPS) is 18.2. The zero-order chi connectivity index (χ0) is 12.5. The number of amides is 1. The van der Waals surface area contributed by atoms with Crippen LogP contribution in [-0.4, -0.2) is 34.9 Å². The van der Waals surface area contributed by atoms with Gasteiger partial charge in [-0.15, -0.1) is 0 Å². The van der Waals surface area contributed by atoms with Crippen molar-refractivity contribution in [1.29, 1.82) is 0 Å². The van der Waals surface area contributed by atoms with E-state index in [2.05, 4.69) is 24.1 Å². The molecule has 1 amide bonds. The van der Waals surface area contributed by atoms with E-state index in [1.807, 2.05) is 11.0 Å². The van der Waals surface area contributed by atoms with E-state index in [1.165, 1.54) is 0 Å². The summed E-state index contributed by atoms with van der Waals surface area (Å²) in [5.41, 5.74) is 0.614. The third kappa shape index (κ3) is 2.12. The largest absolute Gasteiger partial charge is 0.372 e. The summed E-state index contributed by atoms with van der Waals surface area (Å²) >= 11 is 0. The highest BCUT2D eigenvalue weighted by molar-refractivity contribution is 5.99. The number of rotatable bonds is 2. The fourth-order valence-electron chi connectivity index (χ4n) is 2.41. The molecule has 17 heavy (non-hydrogen) atoms. The van der Waals surface area contributed by atoms with E-state index >= 15 is 0 Å². The standard InChI is InChI=1S/C13H19N3O/c1-13(2)7-5-9-16(13)12(17)10-6-4-8-15-11(10)14-3/h4,6,8H,5,7,9H2,1-3H3,(H,14,15). The predicted octanol–water partition coefficient (Wildman–Crippen LogP) is 2.14. The molecule has 4 heteroatoms. The zero-order valence-electron chi connectivity index (χ0n) is 10.7. The lowest BCUT2D eigenvalue weighted by atomic mass is 10.0. The maximum Gasteiger partial charge on any atom is 0.258 e. The third-order valence-electron chi connectivity index (χ3n) is 3.42. The highest BCUT2D eigenvalue weighted by atomic mass is 16.2. The Kier molecular flexibility index (Phi) is 3.05. The molecule has 1 aliphatic heterocycles. The van der Waals surface area contributed by atoms with Gasteiger partial charge < -0.3 is 10.2 Å². The SMILES string of the molecule is CNc1ncccc1C(=O)N1CCCC1(C)C. The van der Waals surface area contributed by atoms with Gasteiger partial charge in [0.25, 0.3) is 5.91 Å². The number of nitrogens with zero attached hydrogens (tertiary/aromatic N) is 2. The summed E-state index contributed by atoms with van der Waals surface area (Å²) in [6.45, 7) is 5.07. The van der Waals surface area contributed by atoms with E-state index in [-0.39, 0.29) is 11.4 Å². The minimum Gasteiger partial charge on any atom is -0.372 e. The zero-order valence-corrected chi connectivity index (χ0v) is 10.7. The van der Waals surface area contributed by atoms with Crippen LogP contribution in [0.2, 0.25) is 0 Å². The lowest BCUT2D eigenvalue weighted by Gasteiger charge is -2.32. The predicted molar refractivity (Wildman–Crippen MR) is 68.1 cm³/mol. The van der Waals surface area contributed by atoms with Crippen molar-refractivity contribution in [1.82, 2.24) is 9.88 Å². The van der Waals surface area contributed by atoms with Crippen LogP contribution in [0.5, 0.6) is 0 Å². The summed E-state index contributed by atoms with van der Waals surface area (Å²) in [6.07, 6.45) is 3.83. The number of hydrogen-bond acceptors (Lipinski definition) is 3. The van der Waals surface area contributed by atoms with Crippen LogP contribution in [0.1, 0.15) is 37.0 Å². The number of carbonyl (C=O) groups excluding carboxylic acids is 1. The van der Waals surface area contributed by atoms with Gasteiger partial charge in [-0.2, -0.15) is 0 Å². The Bertz CT molecular complexity index is 428. The second-order valence-electron chi connectivity index (χ2n) is 5.02. The van der Waals surface area contributed by atoms with Crippen molar-refractivity contribution in [2.45, 2.75) is 32.2 Å². The van der Waals surface area contributed by atoms with Crippen molar-refractivity contribution in [3.8, 4) is 0 Å². The number of pyridine rings is 1. The van der Waals surface area contributed by atoms with E-state index in [9.17, 15) is 4.79 Å². The smallest absolute Gasteiger partial charge is 0.258 e. The molecule has 0 radical (unpaired) electrons. The second kappa shape index (κ2) is 4.35. The van der Waals surface area contributed by atoms with Gasteiger partial charge in [-0.25, -0.2) is 4.98 Å². The summed E-state index contributed by atoms with van der Waals surface area (Å²) in [5.74, 6) is 0.727. The Morgan fingerprint density at radius 1 is 1.53 bits per heavy atom. The maximum atomic E-state index is 12.5. The Morgan fingerprint density at radius 2 is 2.29 bits per heavy atom. The molecule has 0 aliphatic carbocycles. The summed E-state index contributed by atoms with van der Waals surface area (Å²) in [5, 5.41) is 2.97. The molecule has 2 heterocycles. The first kappa shape index (κ1) is 11.9. The van der Waals surface area contributed by atoms with E-state index in [0.29, 0.717) is 11.4 Å². The van der Waals surface area contributed by atoms with Gasteiger partial charge in [-0.1, -0.05) is 0 Å². The Morgan fingerprint density at radius 3 is 2.88 bits per heavy atom. The highest BCUT2D eigenvalue weighted by Crippen LogP contribution is 2.30. The minimum absolute atomic E-state index is 0.0437. The van der Waals surface area contributed by atoms with Gasteiger partial charge in [0.1, 0.15) is 5.82 Å². The molecule has 1 aromatic rings. The number of nitrogens with one attached hydrogen (secondary N) is 1. The summed E-state index contributed by atoms with van der Waals surface area (Å²) in [7, 11) is 1.79. The van der Waals surface area contributed by atoms with Gasteiger partial charge in [-0.05, 0) is 38.8 Å². The first-order chi connectivity index (χ1) is 8.06. The molecule has 1 aliphatic rings. The molecule has 1 fully saturated rings. The molecule has 1 saturated heterocycles. The molecule has 1 N–H and O–H groups in total. The van der Waals surface area contributed by atoms with Crippen LogP contribution in [0.25, 0.3) is 0 Å². The first-order valence-electron chi connectivity index (χ1n) is 6.01. The topological polar surface area (TPSA) is 45.2 Å². The molecule has 0 atom stereocenters. The first-order valence-corrected chi connectivity index (χ1v) is 6.01. The Labute approximate surface area is 102 Å². The molecule has 2 rings (SSSR count). The molecule has 1 aromatic heterocycles. The quantitative estimate of drug-likeness (QED) is 0.851. The lowest BCUT2D eigenvalue weighted by molar-refractivity contribution is 0.0652. The molecular formula is C13H19N3O. The van der Waals surface area contributed by atoms with Gasteiger partial charge in [0, 0.05) is 25.3 Å². The van der Waals surface area contributed by atoms with Crippen LogP contribution >= 0.6 is 0 Å². The van der Waals surface area contributed by atoms with E-state index in [1.54, 1.807) is 19.3 Å². The van der Waals surface area contributed by atoms with Gasteiger partial charge >= 0.3 is 0 Å². The average Bonchev–Trinajstić information content (AvgIpc) is 2.68. The van der Waals surface area contributed by atoms with Gasteiger partial charge in [0.05, 0.1) is 5.56 Å². The Balaban J connectivity index is 2.31. The lowest BCUT2D eigenvalue weighted by Crippen LogP contribution is -2.42. The summed E-state index contributed by atoms with van der Waals surface area (Å²) in [6, 6.07) is 3.63. The molecule has 0 aromatic carbocycles. The van der Waals surface area contributed by atoms with Gasteiger partial charge in [0.15, 0.2) is 0 Å². The van der Waals surface area contributed by atoms with Crippen molar-refractivity contribution in [3.63, 3.8) is 0 Å². The highest BCUT2D eigenvalue weighted by Gasteiger charge is 2.36. The van der Waals surface area contributed by atoms with E-state index in [0.717, 1.165) is 19.4 Å². The molecular weight excluding hydrogens is 214 g/mol. The number of hydrogen-bond donors (Lipinski definition) is 1. The van der Waals surface area contributed by atoms with E-state index in [4.69, 9.17) is 0 Å². The number of aromatic nitrogens is 1. The van der Waals surface area contributed by atoms with Crippen molar-refractivity contribution >= 4 is 11.7 Å². The molecule has 92 valence electrons. The van der Waals surface area contributed by atoms with Crippen molar-refractivity contribution in [2.24, 2.45) is 0 Å². The molecule has 0 bridgehead atoms. The van der Waals surface area contributed by atoms with Crippen molar-refractivity contribution in [3.05, 3.63) is 23.9 Å². The number of carbonyl (C=O) groups is 1. The van der Waals surface area contributed by atoms with Crippen molar-refractivity contribution in [2.75, 3.05) is 18.9 Å². The fourth-order valence-corrected chi connectivity index (χ4v) is 2.41. The van der Waals surface area contributed by atoms with Crippen LogP contribution in [0.15, 0.2) is 18.3 Å². The maximum absolute atomic E-state index is 12.5. The number of likely N-dealkylation sites (tertiary alicyclic amines) is 1. The molecule has 0 saturated carbocycles. The minimum atomic E-state index is -0.0437. The Hall–Kier alpha value is -1.58.